The van der Waals surface area contributed by atoms with Crippen molar-refractivity contribution in [3.63, 3.8) is 0 Å². The maximum Gasteiger partial charge on any atom is 0.308 e. The lowest BCUT2D eigenvalue weighted by molar-refractivity contribution is -0.156. The first kappa shape index (κ1) is 23.5. The summed E-state index contributed by atoms with van der Waals surface area (Å²) in [5.74, 6) is -3.76. The second kappa shape index (κ2) is 8.77. The van der Waals surface area contributed by atoms with Gasteiger partial charge in [0.25, 0.3) is 0 Å². The molecule has 3 aliphatic heterocycles. The number of fused-ring (bicyclic) bond motifs is 3. The van der Waals surface area contributed by atoms with Crippen LogP contribution in [0.15, 0.2) is 48.5 Å². The number of halogens is 1. The van der Waals surface area contributed by atoms with Crippen LogP contribution in [0.3, 0.4) is 0 Å². The number of carbonyl (C=O) groups excluding carboxylic acids is 4. The van der Waals surface area contributed by atoms with Gasteiger partial charge in [-0.25, -0.2) is 4.90 Å². The summed E-state index contributed by atoms with van der Waals surface area (Å²) in [4.78, 5) is 57.3. The molecule has 5 rings (SSSR count). The largest absolute Gasteiger partial charge is 0.466 e. The Labute approximate surface area is 208 Å². The number of benzene rings is 2. The fourth-order valence-corrected chi connectivity index (χ4v) is 6.03. The van der Waals surface area contributed by atoms with Gasteiger partial charge < -0.3 is 10.1 Å². The van der Waals surface area contributed by atoms with E-state index in [1.165, 1.54) is 4.90 Å². The van der Waals surface area contributed by atoms with Gasteiger partial charge in [0.05, 0.1) is 30.6 Å². The lowest BCUT2D eigenvalue weighted by Crippen LogP contribution is -2.67. The van der Waals surface area contributed by atoms with E-state index in [2.05, 4.69) is 5.32 Å². The Morgan fingerprint density at radius 2 is 1.77 bits per heavy atom. The summed E-state index contributed by atoms with van der Waals surface area (Å²) in [5.41, 5.74) is 0.662. The fraction of sp³-hybridized carbons (Fsp3) is 0.385. The first-order chi connectivity index (χ1) is 16.8. The second-order valence-corrected chi connectivity index (χ2v) is 9.64. The van der Waals surface area contributed by atoms with Gasteiger partial charge in [0.2, 0.25) is 17.7 Å². The number of anilines is 1. The molecule has 182 valence electrons. The average Bonchev–Trinajstić information content (AvgIpc) is 3.26. The summed E-state index contributed by atoms with van der Waals surface area (Å²) in [6.45, 7) is 4.48. The highest BCUT2D eigenvalue weighted by atomic mass is 35.5. The number of hydrogen-bond acceptors (Lipinski definition) is 6. The maximum absolute atomic E-state index is 14.0. The molecule has 35 heavy (non-hydrogen) atoms. The summed E-state index contributed by atoms with van der Waals surface area (Å²) in [6, 6.07) is 13.6. The Morgan fingerprint density at radius 3 is 2.43 bits per heavy atom. The molecule has 3 heterocycles. The van der Waals surface area contributed by atoms with Crippen LogP contribution in [0.4, 0.5) is 5.69 Å². The van der Waals surface area contributed by atoms with Gasteiger partial charge in [-0.1, -0.05) is 41.4 Å². The zero-order valence-corrected chi connectivity index (χ0v) is 20.2. The van der Waals surface area contributed by atoms with Crippen molar-refractivity contribution in [3.05, 3.63) is 64.7 Å². The minimum Gasteiger partial charge on any atom is -0.466 e. The van der Waals surface area contributed by atoms with Crippen LogP contribution in [0.1, 0.15) is 30.5 Å². The van der Waals surface area contributed by atoms with Crippen molar-refractivity contribution in [1.82, 2.24) is 10.2 Å². The summed E-state index contributed by atoms with van der Waals surface area (Å²) in [5, 5.41) is 3.38. The third-order valence-electron chi connectivity index (χ3n) is 7.31. The molecule has 0 saturated carbocycles. The third kappa shape index (κ3) is 3.54. The summed E-state index contributed by atoms with van der Waals surface area (Å²) >= 11 is 6.12. The van der Waals surface area contributed by atoms with Crippen molar-refractivity contribution >= 4 is 41.0 Å². The van der Waals surface area contributed by atoms with Gasteiger partial charge in [-0.15, -0.1) is 0 Å². The van der Waals surface area contributed by atoms with Crippen LogP contribution in [-0.2, 0) is 23.9 Å². The first-order valence-electron chi connectivity index (χ1n) is 11.7. The summed E-state index contributed by atoms with van der Waals surface area (Å²) in [7, 11) is 0. The molecular formula is C26H26ClN3O5. The number of amides is 3. The van der Waals surface area contributed by atoms with E-state index in [1.54, 1.807) is 31.2 Å². The molecule has 9 heteroatoms. The van der Waals surface area contributed by atoms with Crippen molar-refractivity contribution in [2.45, 2.75) is 31.8 Å². The number of piperazine rings is 1. The molecule has 3 saturated heterocycles. The smallest absolute Gasteiger partial charge is 0.308 e. The Bertz CT molecular complexity index is 1200. The second-order valence-electron chi connectivity index (χ2n) is 9.20. The van der Waals surface area contributed by atoms with Crippen molar-refractivity contribution in [2.24, 2.45) is 11.8 Å². The number of carbonyl (C=O) groups is 4. The molecule has 8 nitrogen and oxygen atoms in total. The van der Waals surface area contributed by atoms with Crippen LogP contribution in [0.5, 0.6) is 0 Å². The number of ether oxygens (including phenoxy) is 1. The van der Waals surface area contributed by atoms with Crippen molar-refractivity contribution < 1.29 is 23.9 Å². The Morgan fingerprint density at radius 1 is 1.09 bits per heavy atom. The molecule has 0 aliphatic carbocycles. The van der Waals surface area contributed by atoms with Crippen molar-refractivity contribution in [2.75, 3.05) is 24.6 Å². The monoisotopic (exact) mass is 495 g/mol. The van der Waals surface area contributed by atoms with Crippen LogP contribution in [-0.4, -0.2) is 53.8 Å². The predicted octanol–water partition coefficient (Wildman–Crippen LogP) is 2.63. The minimum absolute atomic E-state index is 0.146. The number of imide groups is 1. The van der Waals surface area contributed by atoms with Gasteiger partial charge in [-0.05, 0) is 43.7 Å². The van der Waals surface area contributed by atoms with Crippen molar-refractivity contribution in [3.8, 4) is 0 Å². The molecule has 0 unspecified atom stereocenters. The van der Waals surface area contributed by atoms with Gasteiger partial charge >= 0.3 is 5.97 Å². The number of nitrogens with zero attached hydrogens (tertiary/aromatic N) is 2. The summed E-state index contributed by atoms with van der Waals surface area (Å²) < 4.78 is 5.21. The van der Waals surface area contributed by atoms with Crippen LogP contribution in [0, 0.1) is 18.8 Å². The van der Waals surface area contributed by atoms with Gasteiger partial charge in [0.1, 0.15) is 5.54 Å². The SMILES string of the molecule is CCOC(=O)C[C@]12C(=O)NCCN1[C@@H](c1ccc(Cl)cc1)[C@H]1C(=O)N(c3ccc(C)cc3)C(=O)[C@@H]12. The standard InChI is InChI=1S/C26H26ClN3O5/c1-3-35-19(31)14-26-21-20(23(32)30(24(21)33)18-10-4-15(2)5-11-18)22(16-6-8-17(27)9-7-16)29(26)13-12-28-25(26)34/h4-11,20-22H,3,12-14H2,1-2H3,(H,28,34)/t20-,21+,22-,26-/m0/s1. The zero-order chi connectivity index (χ0) is 24.9. The first-order valence-corrected chi connectivity index (χ1v) is 12.1. The van der Waals surface area contributed by atoms with Crippen molar-refractivity contribution in [1.29, 1.82) is 0 Å². The molecule has 0 spiro atoms. The number of nitrogens with one attached hydrogen (secondary N) is 1. The molecule has 3 fully saturated rings. The Kier molecular flexibility index (Phi) is 5.89. The van der Waals surface area contributed by atoms with E-state index >= 15 is 0 Å². The average molecular weight is 496 g/mol. The van der Waals surface area contributed by atoms with Crippen LogP contribution >= 0.6 is 11.6 Å². The highest BCUT2D eigenvalue weighted by molar-refractivity contribution is 6.30. The molecule has 0 aromatic heterocycles. The molecule has 4 atom stereocenters. The van der Waals surface area contributed by atoms with Gasteiger partial charge in [0.15, 0.2) is 0 Å². The molecule has 0 radical (unpaired) electrons. The maximum atomic E-state index is 14.0. The van der Waals surface area contributed by atoms with E-state index in [0.717, 1.165) is 11.1 Å². The molecule has 3 amide bonds. The molecule has 3 aliphatic rings. The van der Waals surface area contributed by atoms with Gasteiger partial charge in [0, 0.05) is 24.2 Å². The molecule has 2 aromatic rings. The van der Waals surface area contributed by atoms with Crippen LogP contribution in [0.2, 0.25) is 5.02 Å². The molecular weight excluding hydrogens is 470 g/mol. The van der Waals surface area contributed by atoms with E-state index < -0.39 is 41.2 Å². The molecule has 1 N–H and O–H groups in total. The van der Waals surface area contributed by atoms with Crippen LogP contribution in [0.25, 0.3) is 0 Å². The minimum atomic E-state index is -1.54. The highest BCUT2D eigenvalue weighted by Gasteiger charge is 2.73. The lowest BCUT2D eigenvalue weighted by atomic mass is 9.76. The molecule has 0 bridgehead atoms. The Balaban J connectivity index is 1.69. The topological polar surface area (TPSA) is 96.0 Å². The predicted molar refractivity (Wildman–Crippen MR) is 129 cm³/mol. The van der Waals surface area contributed by atoms with Gasteiger partial charge in [-0.2, -0.15) is 0 Å². The number of rotatable bonds is 5. The van der Waals surface area contributed by atoms with E-state index in [4.69, 9.17) is 16.3 Å². The van der Waals surface area contributed by atoms with E-state index in [9.17, 15) is 19.2 Å². The summed E-state index contributed by atoms with van der Waals surface area (Å²) in [6.07, 6.45) is -0.321. The number of hydrogen-bond donors (Lipinski definition) is 1. The van der Waals surface area contributed by atoms with E-state index in [0.29, 0.717) is 23.8 Å². The van der Waals surface area contributed by atoms with E-state index in [-0.39, 0.29) is 18.9 Å². The normalized spacial score (nSPS) is 28.0. The fourth-order valence-electron chi connectivity index (χ4n) is 5.90. The quantitative estimate of drug-likeness (QED) is 0.506. The zero-order valence-electron chi connectivity index (χ0n) is 19.5. The number of esters is 1. The highest BCUT2D eigenvalue weighted by Crippen LogP contribution is 2.57. The van der Waals surface area contributed by atoms with Gasteiger partial charge in [-0.3, -0.25) is 24.1 Å². The Hall–Kier alpha value is -3.23. The number of aryl methyl sites for hydroxylation is 1. The lowest BCUT2D eigenvalue weighted by Gasteiger charge is -2.45. The van der Waals surface area contributed by atoms with E-state index in [1.807, 2.05) is 36.1 Å². The molecule has 2 aromatic carbocycles. The third-order valence-corrected chi connectivity index (χ3v) is 7.56. The van der Waals surface area contributed by atoms with Crippen LogP contribution < -0.4 is 10.2 Å².